The number of rotatable bonds is 3. The van der Waals surface area contributed by atoms with Crippen LogP contribution in [0.15, 0.2) is 24.3 Å². The quantitative estimate of drug-likeness (QED) is 0.775. The molecule has 3 N–H and O–H groups in total. The molecule has 22 heavy (non-hydrogen) atoms. The number of fused-ring (bicyclic) bond motifs is 1. The highest BCUT2D eigenvalue weighted by Crippen LogP contribution is 2.32. The van der Waals surface area contributed by atoms with Crippen molar-refractivity contribution in [3.63, 3.8) is 0 Å². The average molecular weight is 298 g/mol. The van der Waals surface area contributed by atoms with Gasteiger partial charge in [0, 0.05) is 18.7 Å². The van der Waals surface area contributed by atoms with E-state index in [1.807, 2.05) is 0 Å². The number of nitrogen functional groups attached to an aromatic ring is 1. The smallest absolute Gasteiger partial charge is 0.225 e. The summed E-state index contributed by atoms with van der Waals surface area (Å²) in [6.07, 6.45) is 2.22. The van der Waals surface area contributed by atoms with E-state index in [0.29, 0.717) is 40.1 Å². The van der Waals surface area contributed by atoms with Gasteiger partial charge in [0.1, 0.15) is 11.6 Å². The Morgan fingerprint density at radius 3 is 2.86 bits per heavy atom. The van der Waals surface area contributed by atoms with Crippen molar-refractivity contribution in [3.8, 4) is 11.3 Å². The van der Waals surface area contributed by atoms with Crippen molar-refractivity contribution in [2.75, 3.05) is 11.1 Å². The third kappa shape index (κ3) is 2.14. The highest BCUT2D eigenvalue weighted by Gasteiger charge is 2.24. The molecule has 0 atom stereocenters. The predicted octanol–water partition coefficient (Wildman–Crippen LogP) is 2.33. The van der Waals surface area contributed by atoms with E-state index in [0.717, 1.165) is 12.8 Å². The lowest BCUT2D eigenvalue weighted by Crippen LogP contribution is -2.06. The van der Waals surface area contributed by atoms with Gasteiger partial charge >= 0.3 is 0 Å². The maximum Gasteiger partial charge on any atom is 0.225 e. The molecule has 112 valence electrons. The van der Waals surface area contributed by atoms with Crippen molar-refractivity contribution in [2.45, 2.75) is 18.9 Å². The molecule has 2 heterocycles. The van der Waals surface area contributed by atoms with Crippen molar-refractivity contribution < 1.29 is 4.39 Å². The van der Waals surface area contributed by atoms with Gasteiger partial charge in [-0.15, -0.1) is 0 Å². The van der Waals surface area contributed by atoms with E-state index >= 15 is 0 Å². The van der Waals surface area contributed by atoms with Crippen LogP contribution in [0, 0.1) is 5.82 Å². The molecule has 1 aromatic carbocycles. The molecule has 0 saturated heterocycles. The van der Waals surface area contributed by atoms with Crippen molar-refractivity contribution in [1.82, 2.24) is 19.7 Å². The number of hydrogen-bond donors (Lipinski definition) is 2. The number of anilines is 2. The normalized spacial score (nSPS) is 14.5. The van der Waals surface area contributed by atoms with Crippen LogP contribution in [0.25, 0.3) is 22.3 Å². The van der Waals surface area contributed by atoms with Gasteiger partial charge < -0.3 is 11.1 Å². The third-order valence-corrected chi connectivity index (χ3v) is 3.75. The summed E-state index contributed by atoms with van der Waals surface area (Å²) in [5, 5.41) is 8.22. The molecule has 0 bridgehead atoms. The second kappa shape index (κ2) is 4.66. The number of benzene rings is 1. The molecule has 2 aromatic heterocycles. The summed E-state index contributed by atoms with van der Waals surface area (Å²) in [6, 6.07) is 6.71. The molecular weight excluding hydrogens is 283 g/mol. The molecule has 0 unspecified atom stereocenters. The van der Waals surface area contributed by atoms with Gasteiger partial charge in [0.2, 0.25) is 5.95 Å². The molecule has 7 heteroatoms. The van der Waals surface area contributed by atoms with Crippen molar-refractivity contribution >= 4 is 22.8 Å². The monoisotopic (exact) mass is 298 g/mol. The summed E-state index contributed by atoms with van der Waals surface area (Å²) in [4.78, 5) is 8.96. The lowest BCUT2D eigenvalue weighted by atomic mass is 10.1. The summed E-state index contributed by atoms with van der Waals surface area (Å²) >= 11 is 0. The number of halogens is 1. The Labute approximate surface area is 126 Å². The summed E-state index contributed by atoms with van der Waals surface area (Å²) in [5.74, 6) is 0.656. The number of nitrogens with zero attached hydrogens (tertiary/aromatic N) is 4. The lowest BCUT2D eigenvalue weighted by Gasteiger charge is -2.07. The fraction of sp³-hybridized carbons (Fsp3) is 0.267. The molecular formula is C15H15FN6. The van der Waals surface area contributed by atoms with Gasteiger partial charge in [0.05, 0.1) is 11.1 Å². The van der Waals surface area contributed by atoms with Crippen molar-refractivity contribution in [2.24, 2.45) is 7.05 Å². The maximum atomic E-state index is 13.6. The highest BCUT2D eigenvalue weighted by molar-refractivity contribution is 5.98. The first-order valence-corrected chi connectivity index (χ1v) is 7.14. The van der Waals surface area contributed by atoms with Crippen LogP contribution in [0.2, 0.25) is 0 Å². The van der Waals surface area contributed by atoms with E-state index in [2.05, 4.69) is 20.4 Å². The van der Waals surface area contributed by atoms with E-state index in [-0.39, 0.29) is 5.82 Å². The fourth-order valence-electron chi connectivity index (χ4n) is 2.43. The van der Waals surface area contributed by atoms with Crippen LogP contribution in [0.3, 0.4) is 0 Å². The van der Waals surface area contributed by atoms with Crippen LogP contribution < -0.4 is 11.1 Å². The molecule has 0 spiro atoms. The molecule has 3 aromatic rings. The van der Waals surface area contributed by atoms with Crippen LogP contribution in [0.1, 0.15) is 12.8 Å². The first-order chi connectivity index (χ1) is 10.6. The second-order valence-corrected chi connectivity index (χ2v) is 5.53. The van der Waals surface area contributed by atoms with Gasteiger partial charge in [-0.2, -0.15) is 10.1 Å². The van der Waals surface area contributed by atoms with Crippen LogP contribution in [0.4, 0.5) is 16.2 Å². The van der Waals surface area contributed by atoms with E-state index in [4.69, 9.17) is 5.73 Å². The third-order valence-electron chi connectivity index (χ3n) is 3.75. The Bertz CT molecular complexity index is 868. The second-order valence-electron chi connectivity index (χ2n) is 5.53. The van der Waals surface area contributed by atoms with Gasteiger partial charge in [-0.25, -0.2) is 9.37 Å². The fourth-order valence-corrected chi connectivity index (χ4v) is 2.43. The van der Waals surface area contributed by atoms with Crippen LogP contribution >= 0.6 is 0 Å². The zero-order valence-corrected chi connectivity index (χ0v) is 12.0. The summed E-state index contributed by atoms with van der Waals surface area (Å²) < 4.78 is 15.1. The van der Waals surface area contributed by atoms with E-state index in [1.165, 1.54) is 12.1 Å². The summed E-state index contributed by atoms with van der Waals surface area (Å²) in [5.41, 5.74) is 7.85. The molecule has 0 radical (unpaired) electrons. The Morgan fingerprint density at radius 2 is 2.14 bits per heavy atom. The molecule has 1 saturated carbocycles. The molecule has 1 aliphatic carbocycles. The predicted molar refractivity (Wildman–Crippen MR) is 82.8 cm³/mol. The molecule has 0 aliphatic heterocycles. The van der Waals surface area contributed by atoms with Gasteiger partial charge in [-0.05, 0) is 25.0 Å². The van der Waals surface area contributed by atoms with Gasteiger partial charge in [-0.1, -0.05) is 12.1 Å². The minimum Gasteiger partial charge on any atom is -0.383 e. The van der Waals surface area contributed by atoms with Crippen molar-refractivity contribution in [1.29, 1.82) is 0 Å². The van der Waals surface area contributed by atoms with E-state index < -0.39 is 0 Å². The molecule has 1 aliphatic rings. The molecule has 6 nitrogen and oxygen atoms in total. The van der Waals surface area contributed by atoms with E-state index in [9.17, 15) is 4.39 Å². The average Bonchev–Trinajstić information content (AvgIpc) is 3.25. The first kappa shape index (κ1) is 13.0. The van der Waals surface area contributed by atoms with Crippen LogP contribution in [-0.4, -0.2) is 25.8 Å². The zero-order valence-electron chi connectivity index (χ0n) is 12.0. The molecule has 0 amide bonds. The Hall–Kier alpha value is -2.70. The number of aryl methyl sites for hydroxylation is 1. The minimum absolute atomic E-state index is 0.316. The number of nitrogens with two attached hydrogens (primary N) is 1. The lowest BCUT2D eigenvalue weighted by molar-refractivity contribution is 0.628. The van der Waals surface area contributed by atoms with E-state index in [1.54, 1.807) is 23.9 Å². The van der Waals surface area contributed by atoms with Crippen LogP contribution in [0.5, 0.6) is 0 Å². The van der Waals surface area contributed by atoms with Crippen molar-refractivity contribution in [3.05, 3.63) is 30.1 Å². The molecule has 4 rings (SSSR count). The van der Waals surface area contributed by atoms with Gasteiger partial charge in [0.15, 0.2) is 5.65 Å². The SMILES string of the molecule is Cn1nc2nc(NC3CC3)nc(-c3cccc(F)c3)c2c1N. The van der Waals surface area contributed by atoms with Gasteiger partial charge in [-0.3, -0.25) is 4.68 Å². The Morgan fingerprint density at radius 1 is 1.32 bits per heavy atom. The topological polar surface area (TPSA) is 81.7 Å². The largest absolute Gasteiger partial charge is 0.383 e. The van der Waals surface area contributed by atoms with Gasteiger partial charge in [0.25, 0.3) is 0 Å². The Kier molecular flexibility index (Phi) is 2.75. The first-order valence-electron chi connectivity index (χ1n) is 7.14. The summed E-state index contributed by atoms with van der Waals surface area (Å²) in [7, 11) is 1.75. The maximum absolute atomic E-state index is 13.6. The minimum atomic E-state index is -0.316. The number of aromatic nitrogens is 4. The standard InChI is InChI=1S/C15H15FN6/c1-22-13(17)11-12(8-3-2-4-9(16)7-8)19-15(18-10-5-6-10)20-14(11)21-22/h2-4,7,10H,5-6,17H2,1H3,(H,18,20,21). The number of nitrogens with one attached hydrogen (secondary N) is 1. The Balaban J connectivity index is 1.96. The van der Waals surface area contributed by atoms with Crippen LogP contribution in [-0.2, 0) is 7.05 Å². The molecule has 1 fully saturated rings. The number of hydrogen-bond acceptors (Lipinski definition) is 5. The highest BCUT2D eigenvalue weighted by atomic mass is 19.1. The summed E-state index contributed by atoms with van der Waals surface area (Å²) in [6.45, 7) is 0. The zero-order chi connectivity index (χ0) is 15.3.